The van der Waals surface area contributed by atoms with Gasteiger partial charge in [-0.2, -0.15) is 0 Å². The second-order valence-electron chi connectivity index (χ2n) is 5.39. The first kappa shape index (κ1) is 14.0. The summed E-state index contributed by atoms with van der Waals surface area (Å²) in [6, 6.07) is 16.4. The van der Waals surface area contributed by atoms with Crippen LogP contribution in [0.1, 0.15) is 25.5 Å². The fraction of sp³-hybridized carbons (Fsp3) is 0.222. The van der Waals surface area contributed by atoms with E-state index >= 15 is 0 Å². The maximum absolute atomic E-state index is 6.13. The van der Waals surface area contributed by atoms with Crippen LogP contribution in [0.2, 0.25) is 5.02 Å². The number of benzene rings is 2. The molecule has 0 amide bonds. The molecule has 0 aliphatic heterocycles. The van der Waals surface area contributed by atoms with E-state index in [0.29, 0.717) is 17.7 Å². The first-order valence-electron chi connectivity index (χ1n) is 7.12. The standard InChI is InChI=1S/C18H18ClNO/c1-13(2)20-11-14(15-7-3-5-9-17(15)20)12-21-18-10-6-4-8-16(18)19/h3-11,13H,12H2,1-2H3. The van der Waals surface area contributed by atoms with Crippen LogP contribution in [0, 0.1) is 0 Å². The highest BCUT2D eigenvalue weighted by Gasteiger charge is 2.11. The summed E-state index contributed by atoms with van der Waals surface area (Å²) in [7, 11) is 0. The maximum Gasteiger partial charge on any atom is 0.138 e. The minimum Gasteiger partial charge on any atom is -0.487 e. The molecule has 0 bridgehead atoms. The van der Waals surface area contributed by atoms with E-state index in [1.807, 2.05) is 24.3 Å². The Bertz CT molecular complexity index is 761. The average molecular weight is 300 g/mol. The van der Waals surface area contributed by atoms with E-state index in [2.05, 4.69) is 48.9 Å². The van der Waals surface area contributed by atoms with Crippen LogP contribution in [0.15, 0.2) is 54.7 Å². The molecular weight excluding hydrogens is 282 g/mol. The highest BCUT2D eigenvalue weighted by atomic mass is 35.5. The Labute approximate surface area is 129 Å². The summed E-state index contributed by atoms with van der Waals surface area (Å²) < 4.78 is 8.16. The van der Waals surface area contributed by atoms with E-state index in [-0.39, 0.29) is 0 Å². The van der Waals surface area contributed by atoms with Crippen molar-refractivity contribution in [2.24, 2.45) is 0 Å². The number of halogens is 1. The van der Waals surface area contributed by atoms with E-state index in [4.69, 9.17) is 16.3 Å². The second-order valence-corrected chi connectivity index (χ2v) is 5.80. The van der Waals surface area contributed by atoms with Gasteiger partial charge >= 0.3 is 0 Å². The fourth-order valence-corrected chi connectivity index (χ4v) is 2.73. The van der Waals surface area contributed by atoms with Gasteiger partial charge in [-0.05, 0) is 32.0 Å². The van der Waals surface area contributed by atoms with Gasteiger partial charge in [-0.15, -0.1) is 0 Å². The lowest BCUT2D eigenvalue weighted by Gasteiger charge is -2.08. The van der Waals surface area contributed by atoms with Crippen molar-refractivity contribution in [3.63, 3.8) is 0 Å². The number of rotatable bonds is 4. The molecule has 3 aromatic rings. The lowest BCUT2D eigenvalue weighted by Crippen LogP contribution is -1.98. The van der Waals surface area contributed by atoms with Gasteiger partial charge < -0.3 is 9.30 Å². The molecule has 108 valence electrons. The third-order valence-corrected chi connectivity index (χ3v) is 3.91. The molecule has 2 aromatic carbocycles. The van der Waals surface area contributed by atoms with Crippen molar-refractivity contribution >= 4 is 22.5 Å². The molecule has 0 N–H and O–H groups in total. The van der Waals surface area contributed by atoms with E-state index in [9.17, 15) is 0 Å². The summed E-state index contributed by atoms with van der Waals surface area (Å²) in [6.07, 6.45) is 2.17. The van der Waals surface area contributed by atoms with Crippen LogP contribution in [0.5, 0.6) is 5.75 Å². The summed E-state index contributed by atoms with van der Waals surface area (Å²) in [5, 5.41) is 1.88. The van der Waals surface area contributed by atoms with E-state index in [1.165, 1.54) is 16.5 Å². The van der Waals surface area contributed by atoms with E-state index in [0.717, 1.165) is 5.75 Å². The largest absolute Gasteiger partial charge is 0.487 e. The van der Waals surface area contributed by atoms with Crippen LogP contribution in [-0.4, -0.2) is 4.57 Å². The molecule has 3 rings (SSSR count). The maximum atomic E-state index is 6.13. The molecule has 0 saturated heterocycles. The van der Waals surface area contributed by atoms with Crippen molar-refractivity contribution in [2.45, 2.75) is 26.5 Å². The van der Waals surface area contributed by atoms with Crippen molar-refractivity contribution in [2.75, 3.05) is 0 Å². The lowest BCUT2D eigenvalue weighted by atomic mass is 10.2. The molecule has 21 heavy (non-hydrogen) atoms. The molecule has 0 radical (unpaired) electrons. The zero-order valence-electron chi connectivity index (χ0n) is 12.2. The molecule has 3 heteroatoms. The van der Waals surface area contributed by atoms with E-state index in [1.54, 1.807) is 0 Å². The monoisotopic (exact) mass is 299 g/mol. The van der Waals surface area contributed by atoms with Gasteiger partial charge in [0.25, 0.3) is 0 Å². The van der Waals surface area contributed by atoms with Gasteiger partial charge in [0.1, 0.15) is 12.4 Å². The van der Waals surface area contributed by atoms with Crippen LogP contribution in [-0.2, 0) is 6.61 Å². The Hall–Kier alpha value is -1.93. The highest BCUT2D eigenvalue weighted by Crippen LogP contribution is 2.28. The number of aromatic nitrogens is 1. The normalized spacial score (nSPS) is 11.2. The SMILES string of the molecule is CC(C)n1cc(COc2ccccc2Cl)c2ccccc21. The molecular formula is C18H18ClNO. The van der Waals surface area contributed by atoms with Gasteiger partial charge in [0.05, 0.1) is 5.02 Å². The Morgan fingerprint density at radius 2 is 1.76 bits per heavy atom. The first-order chi connectivity index (χ1) is 10.2. The van der Waals surface area contributed by atoms with Gasteiger partial charge in [0, 0.05) is 28.7 Å². The average Bonchev–Trinajstić information content (AvgIpc) is 2.86. The molecule has 0 aliphatic rings. The van der Waals surface area contributed by atoms with Crippen molar-refractivity contribution in [1.82, 2.24) is 4.57 Å². The first-order valence-corrected chi connectivity index (χ1v) is 7.50. The van der Waals surface area contributed by atoms with Gasteiger partial charge in [-0.3, -0.25) is 0 Å². The molecule has 0 saturated carbocycles. The summed E-state index contributed by atoms with van der Waals surface area (Å²) in [5.41, 5.74) is 2.42. The summed E-state index contributed by atoms with van der Waals surface area (Å²) in [5.74, 6) is 0.723. The number of nitrogens with zero attached hydrogens (tertiary/aromatic N) is 1. The zero-order chi connectivity index (χ0) is 14.8. The molecule has 2 nitrogen and oxygen atoms in total. The van der Waals surface area contributed by atoms with Crippen LogP contribution in [0.3, 0.4) is 0 Å². The van der Waals surface area contributed by atoms with Crippen molar-refractivity contribution < 1.29 is 4.74 Å². The predicted molar refractivity (Wildman–Crippen MR) is 88.1 cm³/mol. The Kier molecular flexibility index (Phi) is 3.89. The summed E-state index contributed by atoms with van der Waals surface area (Å²) in [4.78, 5) is 0. The van der Waals surface area contributed by atoms with Crippen LogP contribution < -0.4 is 4.74 Å². The third-order valence-electron chi connectivity index (χ3n) is 3.60. The number of hydrogen-bond donors (Lipinski definition) is 0. The molecule has 0 atom stereocenters. The topological polar surface area (TPSA) is 14.2 Å². The van der Waals surface area contributed by atoms with Gasteiger partial charge in [0.15, 0.2) is 0 Å². The highest BCUT2D eigenvalue weighted by molar-refractivity contribution is 6.32. The van der Waals surface area contributed by atoms with Crippen LogP contribution >= 0.6 is 11.6 Å². The molecule has 1 heterocycles. The van der Waals surface area contributed by atoms with E-state index < -0.39 is 0 Å². The molecule has 0 unspecified atom stereocenters. The second kappa shape index (κ2) is 5.82. The molecule has 1 aromatic heterocycles. The lowest BCUT2D eigenvalue weighted by molar-refractivity contribution is 0.307. The zero-order valence-corrected chi connectivity index (χ0v) is 13.0. The van der Waals surface area contributed by atoms with Gasteiger partial charge in [0.2, 0.25) is 0 Å². The Balaban J connectivity index is 1.92. The van der Waals surface area contributed by atoms with Crippen molar-refractivity contribution in [1.29, 1.82) is 0 Å². The van der Waals surface area contributed by atoms with Crippen molar-refractivity contribution in [3.8, 4) is 5.75 Å². The van der Waals surface area contributed by atoms with Crippen molar-refractivity contribution in [3.05, 3.63) is 65.3 Å². The van der Waals surface area contributed by atoms with Crippen LogP contribution in [0.25, 0.3) is 10.9 Å². The summed E-state index contributed by atoms with van der Waals surface area (Å²) in [6.45, 7) is 4.89. The quantitative estimate of drug-likeness (QED) is 0.624. The Morgan fingerprint density at radius 3 is 2.52 bits per heavy atom. The number of hydrogen-bond acceptors (Lipinski definition) is 1. The molecule has 0 fully saturated rings. The minimum absolute atomic E-state index is 0.420. The third kappa shape index (κ3) is 2.77. The number of fused-ring (bicyclic) bond motifs is 1. The molecule has 0 spiro atoms. The van der Waals surface area contributed by atoms with Crippen LogP contribution in [0.4, 0.5) is 0 Å². The Morgan fingerprint density at radius 1 is 1.05 bits per heavy atom. The minimum atomic E-state index is 0.420. The summed E-state index contributed by atoms with van der Waals surface area (Å²) >= 11 is 6.13. The predicted octanol–water partition coefficient (Wildman–Crippen LogP) is 5.45. The smallest absolute Gasteiger partial charge is 0.138 e. The van der Waals surface area contributed by atoms with Gasteiger partial charge in [-0.1, -0.05) is 41.9 Å². The number of ether oxygens (including phenoxy) is 1. The van der Waals surface area contributed by atoms with Gasteiger partial charge in [-0.25, -0.2) is 0 Å². The fourth-order valence-electron chi connectivity index (χ4n) is 2.54. The number of para-hydroxylation sites is 2. The molecule has 0 aliphatic carbocycles.